The van der Waals surface area contributed by atoms with Gasteiger partial charge in [-0.3, -0.25) is 14.6 Å². The summed E-state index contributed by atoms with van der Waals surface area (Å²) in [5.74, 6) is -6.00. The molecule has 6 rings (SSSR count). The van der Waals surface area contributed by atoms with Gasteiger partial charge in [0.1, 0.15) is 17.3 Å². The van der Waals surface area contributed by atoms with Crippen LogP contribution in [0.2, 0.25) is 0 Å². The van der Waals surface area contributed by atoms with Crippen LogP contribution in [-0.2, 0) is 12.3 Å². The topological polar surface area (TPSA) is 110 Å². The van der Waals surface area contributed by atoms with Crippen molar-refractivity contribution in [2.75, 3.05) is 25.5 Å². The lowest BCUT2D eigenvalue weighted by molar-refractivity contribution is -0.0245. The Kier molecular flexibility index (Phi) is 8.71. The van der Waals surface area contributed by atoms with Gasteiger partial charge in [0.05, 0.1) is 22.5 Å². The number of phenols is 1. The summed E-state index contributed by atoms with van der Waals surface area (Å²) < 4.78 is 46.1. The maximum Gasteiger partial charge on any atom is 0.290 e. The zero-order valence-corrected chi connectivity index (χ0v) is 25.4. The number of fused-ring (bicyclic) bond motifs is 1. The Labute approximate surface area is 269 Å². The van der Waals surface area contributed by atoms with E-state index in [2.05, 4.69) is 20.6 Å². The molecule has 11 heteroatoms. The number of likely N-dealkylation sites (N-methyl/N-ethyl adjacent to an activating group) is 1. The molecule has 3 heterocycles. The molecule has 240 valence electrons. The first-order chi connectivity index (χ1) is 22.6. The molecule has 3 aromatic carbocycles. The number of alkyl halides is 2. The van der Waals surface area contributed by atoms with Crippen LogP contribution in [0.15, 0.2) is 97.2 Å². The highest BCUT2D eigenvalue weighted by molar-refractivity contribution is 6.06. The van der Waals surface area contributed by atoms with Gasteiger partial charge in [-0.1, -0.05) is 42.5 Å². The number of H-pyrrole nitrogens is 1. The van der Waals surface area contributed by atoms with Crippen molar-refractivity contribution in [1.82, 2.24) is 20.2 Å². The van der Waals surface area contributed by atoms with Crippen LogP contribution in [0.1, 0.15) is 50.0 Å². The zero-order chi connectivity index (χ0) is 33.1. The minimum Gasteiger partial charge on any atom is -0.507 e. The largest absolute Gasteiger partial charge is 0.507 e. The number of para-hydroxylation sites is 2. The highest BCUT2D eigenvalue weighted by Gasteiger charge is 2.38. The molecule has 47 heavy (non-hydrogen) atoms. The summed E-state index contributed by atoms with van der Waals surface area (Å²) in [5.41, 5.74) is 3.16. The second-order valence-corrected chi connectivity index (χ2v) is 11.5. The molecule has 2 aromatic heterocycles. The van der Waals surface area contributed by atoms with Gasteiger partial charge in [-0.05, 0) is 54.1 Å². The molecule has 0 spiro atoms. The molecule has 0 unspecified atom stereocenters. The number of nitrogens with zero attached hydrogens (tertiary/aromatic N) is 2. The van der Waals surface area contributed by atoms with Crippen molar-refractivity contribution in [3.8, 4) is 17.0 Å². The third kappa shape index (κ3) is 6.69. The van der Waals surface area contributed by atoms with Gasteiger partial charge in [-0.25, -0.2) is 4.39 Å². The standard InChI is InChI=1S/C36H32F3N5O3/c1-44-18-16-28-31(35(44)47)33(42-26-7-3-2-4-8-26)32(43-28)23-15-17-40-30(19-23)36(38,39)20-24(22-11-13-25(37)14-12-22)21-41-34(46)27-9-5-6-10-29(27)45/h2-15,17,19,24,42-43,45H,16,18,20-21H2,1H3,(H,41,46)/t24-/m0/s1. The second-order valence-electron chi connectivity index (χ2n) is 11.5. The van der Waals surface area contributed by atoms with Crippen LogP contribution in [0.4, 0.5) is 24.5 Å². The van der Waals surface area contributed by atoms with E-state index in [1.54, 1.807) is 30.1 Å². The van der Waals surface area contributed by atoms with Gasteiger partial charge in [0.2, 0.25) is 0 Å². The number of carbonyl (C=O) groups is 2. The molecule has 1 atom stereocenters. The lowest BCUT2D eigenvalue weighted by Crippen LogP contribution is -2.34. The summed E-state index contributed by atoms with van der Waals surface area (Å²) in [7, 11) is 1.72. The summed E-state index contributed by atoms with van der Waals surface area (Å²) in [6, 6.07) is 23.2. The summed E-state index contributed by atoms with van der Waals surface area (Å²) in [4.78, 5) is 35.0. The Bertz CT molecular complexity index is 1910. The van der Waals surface area contributed by atoms with E-state index in [9.17, 15) is 19.1 Å². The van der Waals surface area contributed by atoms with Crippen LogP contribution in [0, 0.1) is 5.82 Å². The first kappa shape index (κ1) is 31.4. The van der Waals surface area contributed by atoms with Gasteiger partial charge in [-0.2, -0.15) is 8.78 Å². The van der Waals surface area contributed by atoms with Gasteiger partial charge in [0.25, 0.3) is 17.7 Å². The van der Waals surface area contributed by atoms with Crippen molar-refractivity contribution in [1.29, 1.82) is 0 Å². The Balaban J connectivity index is 1.32. The Morgan fingerprint density at radius 3 is 2.51 bits per heavy atom. The number of rotatable bonds is 10. The van der Waals surface area contributed by atoms with E-state index in [4.69, 9.17) is 0 Å². The smallest absolute Gasteiger partial charge is 0.290 e. The fourth-order valence-electron chi connectivity index (χ4n) is 5.77. The third-order valence-corrected chi connectivity index (χ3v) is 8.30. The number of amides is 2. The van der Waals surface area contributed by atoms with Gasteiger partial charge in [-0.15, -0.1) is 0 Å². The number of carbonyl (C=O) groups excluding carboxylic acids is 2. The molecule has 1 aliphatic heterocycles. The van der Waals surface area contributed by atoms with Crippen LogP contribution in [0.3, 0.4) is 0 Å². The average Bonchev–Trinajstić information content (AvgIpc) is 3.44. The second kappa shape index (κ2) is 13.0. The summed E-state index contributed by atoms with van der Waals surface area (Å²) in [5, 5.41) is 16.0. The monoisotopic (exact) mass is 639 g/mol. The predicted octanol–water partition coefficient (Wildman–Crippen LogP) is 6.99. The Morgan fingerprint density at radius 2 is 1.77 bits per heavy atom. The summed E-state index contributed by atoms with van der Waals surface area (Å²) >= 11 is 0. The van der Waals surface area contributed by atoms with Gasteiger partial charge < -0.3 is 25.6 Å². The van der Waals surface area contributed by atoms with Crippen molar-refractivity contribution in [2.45, 2.75) is 24.7 Å². The number of hydrogen-bond acceptors (Lipinski definition) is 5. The molecule has 4 N–H and O–H groups in total. The summed E-state index contributed by atoms with van der Waals surface area (Å²) in [6.07, 6.45) is 1.11. The van der Waals surface area contributed by atoms with Crippen molar-refractivity contribution < 1.29 is 27.9 Å². The minimum atomic E-state index is -3.48. The van der Waals surface area contributed by atoms with Crippen molar-refractivity contribution in [3.05, 3.63) is 131 Å². The molecule has 8 nitrogen and oxygen atoms in total. The van der Waals surface area contributed by atoms with Crippen LogP contribution in [-0.4, -0.2) is 51.9 Å². The maximum absolute atomic E-state index is 16.2. The number of nitrogens with one attached hydrogen (secondary N) is 3. The number of anilines is 2. The quantitative estimate of drug-likeness (QED) is 0.132. The maximum atomic E-state index is 16.2. The number of aromatic hydroxyl groups is 1. The number of phenolic OH excluding ortho intramolecular Hbond substituents is 1. The van der Waals surface area contributed by atoms with Crippen molar-refractivity contribution in [2.24, 2.45) is 0 Å². The van der Waals surface area contributed by atoms with E-state index in [0.717, 1.165) is 5.69 Å². The Morgan fingerprint density at radius 1 is 1.04 bits per heavy atom. The van der Waals surface area contributed by atoms with E-state index in [1.807, 2.05) is 30.3 Å². The number of benzene rings is 3. The van der Waals surface area contributed by atoms with Crippen LogP contribution >= 0.6 is 0 Å². The van der Waals surface area contributed by atoms with Crippen molar-refractivity contribution >= 4 is 23.2 Å². The van der Waals surface area contributed by atoms with E-state index in [1.165, 1.54) is 48.7 Å². The predicted molar refractivity (Wildman–Crippen MR) is 173 cm³/mol. The highest BCUT2D eigenvalue weighted by Crippen LogP contribution is 2.41. The van der Waals surface area contributed by atoms with Gasteiger partial charge in [0.15, 0.2) is 0 Å². The molecule has 0 fully saturated rings. The van der Waals surface area contributed by atoms with E-state index < -0.39 is 35.7 Å². The highest BCUT2D eigenvalue weighted by atomic mass is 19.3. The van der Waals surface area contributed by atoms with Crippen LogP contribution in [0.5, 0.6) is 5.75 Å². The Hall–Kier alpha value is -5.58. The fraction of sp³-hybridized carbons (Fsp3) is 0.194. The average molecular weight is 640 g/mol. The molecular weight excluding hydrogens is 607 g/mol. The fourth-order valence-corrected chi connectivity index (χ4v) is 5.77. The normalized spacial score (nSPS) is 13.6. The molecule has 5 aromatic rings. The lowest BCUT2D eigenvalue weighted by Gasteiger charge is -2.24. The molecular formula is C36H32F3N5O3. The zero-order valence-electron chi connectivity index (χ0n) is 25.4. The molecule has 1 aliphatic rings. The van der Waals surface area contributed by atoms with E-state index in [-0.39, 0.29) is 23.8 Å². The molecule has 0 bridgehead atoms. The SMILES string of the molecule is CN1CCc2[nH]c(-c3ccnc(C(F)(F)C[C@@H](CNC(=O)c4ccccc4O)c4ccc(F)cc4)c3)c(Nc3ccccc3)c2C1=O. The number of hydrogen-bond donors (Lipinski definition) is 4. The van der Waals surface area contributed by atoms with Crippen LogP contribution in [0.25, 0.3) is 11.3 Å². The molecule has 0 radical (unpaired) electrons. The van der Waals surface area contributed by atoms with E-state index >= 15 is 8.78 Å². The third-order valence-electron chi connectivity index (χ3n) is 8.30. The first-order valence-electron chi connectivity index (χ1n) is 15.1. The summed E-state index contributed by atoms with van der Waals surface area (Å²) in [6.45, 7) is 0.305. The first-order valence-corrected chi connectivity index (χ1v) is 15.1. The van der Waals surface area contributed by atoms with Crippen LogP contribution < -0.4 is 10.6 Å². The van der Waals surface area contributed by atoms with E-state index in [0.29, 0.717) is 46.7 Å². The number of aromatic nitrogens is 2. The number of halogens is 3. The molecule has 2 amide bonds. The van der Waals surface area contributed by atoms with Crippen molar-refractivity contribution in [3.63, 3.8) is 0 Å². The number of pyridine rings is 1. The molecule has 0 aliphatic carbocycles. The number of aromatic amines is 1. The molecule has 0 saturated carbocycles. The molecule has 0 saturated heterocycles. The lowest BCUT2D eigenvalue weighted by atomic mass is 9.90. The van der Waals surface area contributed by atoms with Gasteiger partial charge in [0, 0.05) is 62.0 Å². The van der Waals surface area contributed by atoms with Gasteiger partial charge >= 0.3 is 0 Å². The minimum absolute atomic E-state index is 0.00437.